The lowest BCUT2D eigenvalue weighted by Gasteiger charge is -2.02. The van der Waals surface area contributed by atoms with Crippen LogP contribution in [0.15, 0.2) is 10.5 Å². The lowest BCUT2D eigenvalue weighted by Crippen LogP contribution is -1.87. The first kappa shape index (κ1) is 11.0. The first-order valence-corrected chi connectivity index (χ1v) is 5.23. The van der Waals surface area contributed by atoms with Gasteiger partial charge in [-0.15, -0.1) is 0 Å². The van der Waals surface area contributed by atoms with Gasteiger partial charge in [0.1, 0.15) is 5.58 Å². The van der Waals surface area contributed by atoms with Crippen molar-refractivity contribution in [3.05, 3.63) is 28.0 Å². The smallest absolute Gasteiger partial charge is 0.212 e. The van der Waals surface area contributed by atoms with Crippen LogP contribution in [0.3, 0.4) is 0 Å². The van der Waals surface area contributed by atoms with E-state index in [0.29, 0.717) is 16.0 Å². The highest BCUT2D eigenvalue weighted by Gasteiger charge is 2.20. The molecule has 0 saturated heterocycles. The number of aromatic hydroxyl groups is 1. The average molecular weight is 239 g/mol. The Morgan fingerprint density at radius 3 is 2.62 bits per heavy atom. The Balaban J connectivity index is 2.93. The zero-order chi connectivity index (χ0) is 12.0. The third-order valence-electron chi connectivity index (χ3n) is 2.63. The molecule has 1 aromatic heterocycles. The summed E-state index contributed by atoms with van der Waals surface area (Å²) in [5, 5.41) is 11.0. The number of carbonyl (C=O) groups is 1. The molecule has 2 rings (SSSR count). The first-order chi connectivity index (χ1) is 7.43. The molecule has 1 heterocycles. The van der Waals surface area contributed by atoms with E-state index in [-0.39, 0.29) is 17.3 Å². The van der Waals surface area contributed by atoms with Gasteiger partial charge in [0.05, 0.1) is 5.39 Å². The zero-order valence-electron chi connectivity index (χ0n) is 9.22. The molecule has 0 aliphatic carbocycles. The van der Waals surface area contributed by atoms with Crippen LogP contribution in [0, 0.1) is 13.8 Å². The van der Waals surface area contributed by atoms with Gasteiger partial charge in [-0.2, -0.15) is 0 Å². The van der Waals surface area contributed by atoms with Crippen LogP contribution in [-0.2, 0) is 0 Å². The van der Waals surface area contributed by atoms with Crippen LogP contribution in [0.2, 0.25) is 5.02 Å². The van der Waals surface area contributed by atoms with Crippen LogP contribution >= 0.6 is 11.6 Å². The van der Waals surface area contributed by atoms with Crippen molar-refractivity contribution in [1.82, 2.24) is 0 Å². The van der Waals surface area contributed by atoms with Crippen molar-refractivity contribution in [3.63, 3.8) is 0 Å². The molecule has 0 bridgehead atoms. The third kappa shape index (κ3) is 1.39. The highest BCUT2D eigenvalue weighted by Crippen LogP contribution is 2.38. The minimum absolute atomic E-state index is 0.0141. The van der Waals surface area contributed by atoms with Crippen molar-refractivity contribution in [1.29, 1.82) is 0 Å². The lowest BCUT2D eigenvalue weighted by atomic mass is 10.1. The predicted octanol–water partition coefficient (Wildman–Crippen LogP) is 3.61. The van der Waals surface area contributed by atoms with Crippen LogP contribution in [0.25, 0.3) is 11.0 Å². The summed E-state index contributed by atoms with van der Waals surface area (Å²) in [5.41, 5.74) is 2.07. The summed E-state index contributed by atoms with van der Waals surface area (Å²) in [6.07, 6.45) is 0. The van der Waals surface area contributed by atoms with Crippen molar-refractivity contribution >= 4 is 28.4 Å². The first-order valence-electron chi connectivity index (χ1n) is 4.85. The number of halogens is 1. The largest absolute Gasteiger partial charge is 0.504 e. The number of Topliss-reactive ketones (excluding diaryl/α,β-unsaturated/α-hetero) is 1. The van der Waals surface area contributed by atoms with E-state index >= 15 is 0 Å². The number of hydrogen-bond donors (Lipinski definition) is 1. The number of rotatable bonds is 1. The molecule has 0 radical (unpaired) electrons. The van der Waals surface area contributed by atoms with E-state index < -0.39 is 0 Å². The van der Waals surface area contributed by atoms with Gasteiger partial charge in [-0.05, 0) is 31.0 Å². The van der Waals surface area contributed by atoms with Gasteiger partial charge in [-0.1, -0.05) is 11.6 Å². The van der Waals surface area contributed by atoms with Crippen LogP contribution in [-0.4, -0.2) is 10.9 Å². The molecule has 3 nitrogen and oxygen atoms in total. The highest BCUT2D eigenvalue weighted by atomic mass is 35.5. The summed E-state index contributed by atoms with van der Waals surface area (Å²) in [4.78, 5) is 11.2. The second-order valence-corrected chi connectivity index (χ2v) is 4.22. The number of benzene rings is 1. The molecule has 16 heavy (non-hydrogen) atoms. The van der Waals surface area contributed by atoms with Crippen molar-refractivity contribution in [2.24, 2.45) is 0 Å². The van der Waals surface area contributed by atoms with Gasteiger partial charge in [0.15, 0.2) is 11.5 Å². The van der Waals surface area contributed by atoms with Crippen LogP contribution in [0.1, 0.15) is 28.6 Å². The van der Waals surface area contributed by atoms with Gasteiger partial charge in [0.25, 0.3) is 0 Å². The summed E-state index contributed by atoms with van der Waals surface area (Å²) in [7, 11) is 0. The van der Waals surface area contributed by atoms with Gasteiger partial charge in [-0.3, -0.25) is 4.79 Å². The summed E-state index contributed by atoms with van der Waals surface area (Å²) >= 11 is 6.08. The summed E-state index contributed by atoms with van der Waals surface area (Å²) in [6.45, 7) is 4.99. The van der Waals surface area contributed by atoms with Crippen molar-refractivity contribution in [2.45, 2.75) is 20.8 Å². The SMILES string of the molecule is CC(=O)c1oc2cc(C)c(Cl)c(C)c2c1O. The predicted molar refractivity (Wildman–Crippen MR) is 62.4 cm³/mol. The number of furan rings is 1. The Bertz CT molecular complexity index is 596. The molecule has 84 valence electrons. The maximum absolute atomic E-state index is 11.2. The molecule has 0 saturated carbocycles. The van der Waals surface area contributed by atoms with E-state index in [1.54, 1.807) is 13.0 Å². The Morgan fingerprint density at radius 1 is 1.44 bits per heavy atom. The van der Waals surface area contributed by atoms with Gasteiger partial charge < -0.3 is 9.52 Å². The number of aryl methyl sites for hydroxylation is 2. The molecule has 0 unspecified atom stereocenters. The second kappa shape index (κ2) is 3.52. The van der Waals surface area contributed by atoms with E-state index in [0.717, 1.165) is 11.1 Å². The molecule has 1 aromatic carbocycles. The fraction of sp³-hybridized carbons (Fsp3) is 0.250. The van der Waals surface area contributed by atoms with Crippen molar-refractivity contribution < 1.29 is 14.3 Å². The van der Waals surface area contributed by atoms with E-state index in [9.17, 15) is 9.90 Å². The Kier molecular flexibility index (Phi) is 2.43. The molecule has 0 fully saturated rings. The van der Waals surface area contributed by atoms with Crippen LogP contribution in [0.4, 0.5) is 0 Å². The fourth-order valence-corrected chi connectivity index (χ4v) is 1.96. The topological polar surface area (TPSA) is 50.4 Å². The molecule has 2 aromatic rings. The van der Waals surface area contributed by atoms with Gasteiger partial charge in [0.2, 0.25) is 5.76 Å². The van der Waals surface area contributed by atoms with E-state index in [1.807, 2.05) is 6.92 Å². The van der Waals surface area contributed by atoms with Gasteiger partial charge in [-0.25, -0.2) is 0 Å². The molecular formula is C12H11ClO3. The molecule has 1 N–H and O–H groups in total. The molecular weight excluding hydrogens is 228 g/mol. The number of hydrogen-bond acceptors (Lipinski definition) is 3. The fourth-order valence-electron chi connectivity index (χ4n) is 1.81. The molecule has 0 aliphatic heterocycles. The Morgan fingerprint density at radius 2 is 2.06 bits per heavy atom. The number of fused-ring (bicyclic) bond motifs is 1. The highest BCUT2D eigenvalue weighted by molar-refractivity contribution is 6.33. The quantitative estimate of drug-likeness (QED) is 0.772. The van der Waals surface area contributed by atoms with E-state index in [4.69, 9.17) is 16.0 Å². The van der Waals surface area contributed by atoms with Crippen LogP contribution < -0.4 is 0 Å². The van der Waals surface area contributed by atoms with E-state index in [1.165, 1.54) is 6.92 Å². The van der Waals surface area contributed by atoms with Gasteiger partial charge >= 0.3 is 0 Å². The Hall–Kier alpha value is -1.48. The number of carbonyl (C=O) groups excluding carboxylic acids is 1. The molecule has 4 heteroatoms. The normalized spacial score (nSPS) is 11.0. The zero-order valence-corrected chi connectivity index (χ0v) is 9.97. The van der Waals surface area contributed by atoms with Crippen molar-refractivity contribution in [2.75, 3.05) is 0 Å². The molecule has 0 atom stereocenters. The van der Waals surface area contributed by atoms with Crippen molar-refractivity contribution in [3.8, 4) is 5.75 Å². The summed E-state index contributed by atoms with van der Waals surface area (Å²) in [6, 6.07) is 1.72. The summed E-state index contributed by atoms with van der Waals surface area (Å²) in [5.74, 6) is -0.441. The number of ketones is 1. The summed E-state index contributed by atoms with van der Waals surface area (Å²) < 4.78 is 5.32. The van der Waals surface area contributed by atoms with Gasteiger partial charge in [0, 0.05) is 11.9 Å². The molecule has 0 spiro atoms. The Labute approximate surface area is 97.6 Å². The van der Waals surface area contributed by atoms with E-state index in [2.05, 4.69) is 0 Å². The maximum Gasteiger partial charge on any atom is 0.212 e. The minimum atomic E-state index is -0.304. The minimum Gasteiger partial charge on any atom is -0.504 e. The average Bonchev–Trinajstić information content (AvgIpc) is 2.52. The monoisotopic (exact) mass is 238 g/mol. The van der Waals surface area contributed by atoms with Crippen LogP contribution in [0.5, 0.6) is 5.75 Å². The third-order valence-corrected chi connectivity index (χ3v) is 3.21. The maximum atomic E-state index is 11.2. The lowest BCUT2D eigenvalue weighted by molar-refractivity contribution is 0.0985. The molecule has 0 amide bonds. The second-order valence-electron chi connectivity index (χ2n) is 3.84. The standard InChI is InChI=1S/C12H11ClO3/c1-5-4-8-9(6(2)10(5)13)11(15)12(16-8)7(3)14/h4,15H,1-3H3. The molecule has 0 aliphatic rings.